The molecule has 2 aliphatic rings. The van der Waals surface area contributed by atoms with Gasteiger partial charge in [0, 0.05) is 31.2 Å². The smallest absolute Gasteiger partial charge is 0.302 e. The van der Waals surface area contributed by atoms with Crippen LogP contribution in [0.1, 0.15) is 30.4 Å². The standard InChI is InChI=1S/C20H22F3N3OS/c21-20(22,23)15-5-3-14(4-6-15)19-11-16(19)12-25(13-19)8-1-2-9-26-10-7-17(28)24-18(26)27/h3-7,10,16H,1-2,8-9,11-13H2,(H,24,27,28). The number of aromatic nitrogens is 2. The number of rotatable bonds is 6. The van der Waals surface area contributed by atoms with E-state index in [9.17, 15) is 18.0 Å². The van der Waals surface area contributed by atoms with E-state index in [1.807, 2.05) is 0 Å². The van der Waals surface area contributed by atoms with Crippen molar-refractivity contribution in [2.24, 2.45) is 5.92 Å². The van der Waals surface area contributed by atoms with Crippen molar-refractivity contribution in [3.05, 3.63) is 62.8 Å². The second-order valence-corrected chi connectivity index (χ2v) is 8.32. The molecule has 0 bridgehead atoms. The normalized spacial score (nSPS) is 24.3. The number of hydrogen-bond donors (Lipinski definition) is 1. The first kappa shape index (κ1) is 19.4. The van der Waals surface area contributed by atoms with Crippen LogP contribution in [0.5, 0.6) is 0 Å². The molecule has 8 heteroatoms. The van der Waals surface area contributed by atoms with Crippen LogP contribution in [-0.2, 0) is 18.1 Å². The molecule has 2 unspecified atom stereocenters. The zero-order valence-electron chi connectivity index (χ0n) is 15.3. The summed E-state index contributed by atoms with van der Waals surface area (Å²) in [6.07, 6.45) is 0.350. The van der Waals surface area contributed by atoms with E-state index >= 15 is 0 Å². The van der Waals surface area contributed by atoms with Gasteiger partial charge in [-0.1, -0.05) is 24.4 Å². The number of aromatic amines is 1. The molecular formula is C20H22F3N3OS. The van der Waals surface area contributed by atoms with E-state index in [2.05, 4.69) is 9.88 Å². The Morgan fingerprint density at radius 1 is 1.14 bits per heavy atom. The lowest BCUT2D eigenvalue weighted by molar-refractivity contribution is -0.137. The summed E-state index contributed by atoms with van der Waals surface area (Å²) in [5.74, 6) is 0.543. The second kappa shape index (κ2) is 7.15. The van der Waals surface area contributed by atoms with Gasteiger partial charge in [-0.15, -0.1) is 0 Å². The summed E-state index contributed by atoms with van der Waals surface area (Å²) < 4.78 is 40.4. The molecule has 2 fully saturated rings. The lowest BCUT2D eigenvalue weighted by Crippen LogP contribution is -2.28. The van der Waals surface area contributed by atoms with Gasteiger partial charge in [-0.3, -0.25) is 4.98 Å². The Morgan fingerprint density at radius 3 is 2.54 bits per heavy atom. The van der Waals surface area contributed by atoms with E-state index in [1.54, 1.807) is 29.0 Å². The van der Waals surface area contributed by atoms with Crippen LogP contribution in [0.4, 0.5) is 13.2 Å². The van der Waals surface area contributed by atoms with E-state index in [-0.39, 0.29) is 11.1 Å². The van der Waals surface area contributed by atoms with Gasteiger partial charge in [0.05, 0.1) is 5.56 Å². The molecule has 1 aliphatic carbocycles. The average Bonchev–Trinajstić information content (AvgIpc) is 3.21. The number of aryl methyl sites for hydroxylation is 1. The number of piperidine rings is 1. The largest absolute Gasteiger partial charge is 0.416 e. The number of nitrogens with zero attached hydrogens (tertiary/aromatic N) is 2. The summed E-state index contributed by atoms with van der Waals surface area (Å²) >= 11 is 4.93. The van der Waals surface area contributed by atoms with Gasteiger partial charge >= 0.3 is 11.9 Å². The molecule has 1 aromatic carbocycles. The lowest BCUT2D eigenvalue weighted by Gasteiger charge is -2.21. The van der Waals surface area contributed by atoms with Crippen LogP contribution in [-0.4, -0.2) is 34.1 Å². The van der Waals surface area contributed by atoms with E-state index in [4.69, 9.17) is 12.2 Å². The molecule has 1 N–H and O–H groups in total. The minimum absolute atomic E-state index is 0.0370. The van der Waals surface area contributed by atoms with Gasteiger partial charge in [-0.2, -0.15) is 13.2 Å². The van der Waals surface area contributed by atoms with E-state index in [0.29, 0.717) is 17.1 Å². The minimum Gasteiger partial charge on any atom is -0.302 e. The first-order valence-electron chi connectivity index (χ1n) is 9.48. The van der Waals surface area contributed by atoms with Crippen LogP contribution in [0, 0.1) is 10.6 Å². The van der Waals surface area contributed by atoms with Gasteiger partial charge in [0.2, 0.25) is 0 Å². The maximum absolute atomic E-state index is 12.8. The second-order valence-electron chi connectivity index (χ2n) is 7.88. The van der Waals surface area contributed by atoms with Crippen LogP contribution in [0.2, 0.25) is 0 Å². The number of benzene rings is 1. The highest BCUT2D eigenvalue weighted by molar-refractivity contribution is 7.71. The van der Waals surface area contributed by atoms with E-state index in [1.165, 1.54) is 12.1 Å². The third kappa shape index (κ3) is 3.80. The fourth-order valence-electron chi connectivity index (χ4n) is 4.43. The number of alkyl halides is 3. The Morgan fingerprint density at radius 2 is 1.86 bits per heavy atom. The molecule has 1 saturated heterocycles. The minimum atomic E-state index is -4.29. The van der Waals surface area contributed by atoms with Gasteiger partial charge in [-0.05, 0) is 55.5 Å². The quantitative estimate of drug-likeness (QED) is 0.580. The van der Waals surface area contributed by atoms with Crippen LogP contribution in [0.15, 0.2) is 41.3 Å². The Hall–Kier alpha value is -1.93. The van der Waals surface area contributed by atoms with Crippen molar-refractivity contribution in [3.63, 3.8) is 0 Å². The zero-order valence-corrected chi connectivity index (χ0v) is 16.2. The summed E-state index contributed by atoms with van der Waals surface area (Å²) in [4.78, 5) is 16.8. The molecule has 2 atom stereocenters. The maximum Gasteiger partial charge on any atom is 0.416 e. The van der Waals surface area contributed by atoms with Crippen molar-refractivity contribution in [3.8, 4) is 0 Å². The van der Waals surface area contributed by atoms with Crippen LogP contribution >= 0.6 is 12.2 Å². The first-order valence-corrected chi connectivity index (χ1v) is 9.89. The highest BCUT2D eigenvalue weighted by Gasteiger charge is 2.60. The molecule has 1 saturated carbocycles. The number of hydrogen-bond acceptors (Lipinski definition) is 3. The highest BCUT2D eigenvalue weighted by atomic mass is 32.1. The average molecular weight is 409 g/mol. The molecule has 1 aliphatic heterocycles. The number of fused-ring (bicyclic) bond motifs is 1. The zero-order chi connectivity index (χ0) is 19.9. The number of likely N-dealkylation sites (tertiary alicyclic amines) is 1. The molecule has 2 heterocycles. The monoisotopic (exact) mass is 409 g/mol. The van der Waals surface area contributed by atoms with Crippen molar-refractivity contribution < 1.29 is 13.2 Å². The van der Waals surface area contributed by atoms with Crippen molar-refractivity contribution in [2.75, 3.05) is 19.6 Å². The van der Waals surface area contributed by atoms with Crippen LogP contribution in [0.3, 0.4) is 0 Å². The molecule has 0 spiro atoms. The lowest BCUT2D eigenvalue weighted by atomic mass is 9.94. The molecule has 4 nitrogen and oxygen atoms in total. The van der Waals surface area contributed by atoms with Crippen LogP contribution in [0.25, 0.3) is 0 Å². The van der Waals surface area contributed by atoms with Crippen molar-refractivity contribution in [1.82, 2.24) is 14.5 Å². The predicted molar refractivity (Wildman–Crippen MR) is 103 cm³/mol. The summed E-state index contributed by atoms with van der Waals surface area (Å²) in [6.45, 7) is 3.49. The number of unbranched alkanes of at least 4 members (excludes halogenated alkanes) is 1. The highest BCUT2D eigenvalue weighted by Crippen LogP contribution is 2.59. The molecule has 2 aromatic rings. The Bertz CT molecular complexity index is 966. The van der Waals surface area contributed by atoms with Gasteiger partial charge in [0.25, 0.3) is 0 Å². The van der Waals surface area contributed by atoms with Crippen molar-refractivity contribution in [1.29, 1.82) is 0 Å². The predicted octanol–water partition coefficient (Wildman–Crippen LogP) is 3.98. The number of nitrogens with one attached hydrogen (secondary N) is 1. The fourth-order valence-corrected chi connectivity index (χ4v) is 4.58. The first-order chi connectivity index (χ1) is 13.3. The molecule has 4 rings (SSSR count). The van der Waals surface area contributed by atoms with Crippen molar-refractivity contribution >= 4 is 12.2 Å². The number of H-pyrrole nitrogens is 1. The SMILES string of the molecule is O=c1[nH]c(=S)ccn1CCCCN1CC2CC2(c2ccc(C(F)(F)F)cc2)C1. The third-order valence-corrected chi connectivity index (χ3v) is 6.26. The van der Waals surface area contributed by atoms with Crippen molar-refractivity contribution in [2.45, 2.75) is 37.4 Å². The maximum atomic E-state index is 12.8. The van der Waals surface area contributed by atoms with Crippen LogP contribution < -0.4 is 5.69 Å². The van der Waals surface area contributed by atoms with Gasteiger partial charge in [0.15, 0.2) is 0 Å². The summed E-state index contributed by atoms with van der Waals surface area (Å²) in [5.41, 5.74) is 0.293. The Labute approximate surface area is 166 Å². The Balaban J connectivity index is 1.29. The van der Waals surface area contributed by atoms with E-state index in [0.717, 1.165) is 44.5 Å². The summed E-state index contributed by atoms with van der Waals surface area (Å²) in [6, 6.07) is 7.41. The molecule has 28 heavy (non-hydrogen) atoms. The summed E-state index contributed by atoms with van der Waals surface area (Å²) in [5, 5.41) is 0. The van der Waals surface area contributed by atoms with E-state index < -0.39 is 11.7 Å². The number of halogens is 3. The van der Waals surface area contributed by atoms with Gasteiger partial charge in [0.1, 0.15) is 4.64 Å². The van der Waals surface area contributed by atoms with Gasteiger partial charge in [-0.25, -0.2) is 4.79 Å². The Kier molecular flexibility index (Phi) is 4.95. The summed E-state index contributed by atoms with van der Waals surface area (Å²) in [7, 11) is 0. The molecule has 150 valence electrons. The van der Waals surface area contributed by atoms with Gasteiger partial charge < -0.3 is 9.47 Å². The molecule has 0 amide bonds. The molecular weight excluding hydrogens is 387 g/mol. The topological polar surface area (TPSA) is 41.0 Å². The fraction of sp³-hybridized carbons (Fsp3) is 0.500. The molecule has 0 radical (unpaired) electrons. The third-order valence-electron chi connectivity index (χ3n) is 6.02. The molecule has 1 aromatic heterocycles.